The van der Waals surface area contributed by atoms with Crippen molar-refractivity contribution >= 4 is 11.8 Å². The number of aromatic nitrogens is 2. The molecule has 0 spiro atoms. The quantitative estimate of drug-likeness (QED) is 0.825. The number of benzene rings is 1. The van der Waals surface area contributed by atoms with Crippen LogP contribution in [0.5, 0.6) is 0 Å². The largest absolute Gasteiger partial charge is 0.416 e. The van der Waals surface area contributed by atoms with Crippen LogP contribution in [-0.4, -0.2) is 23.0 Å². The lowest BCUT2D eigenvalue weighted by atomic mass is 10.00. The van der Waals surface area contributed by atoms with E-state index in [0.29, 0.717) is 17.0 Å². The second kappa shape index (κ2) is 6.90. The maximum absolute atomic E-state index is 5.38. The van der Waals surface area contributed by atoms with Gasteiger partial charge in [-0.2, -0.15) is 0 Å². The Labute approximate surface area is 124 Å². The summed E-state index contributed by atoms with van der Waals surface area (Å²) < 4.78 is 5.38. The van der Waals surface area contributed by atoms with Gasteiger partial charge in [-0.05, 0) is 24.1 Å². The van der Waals surface area contributed by atoms with Crippen molar-refractivity contribution < 1.29 is 4.42 Å². The van der Waals surface area contributed by atoms with Crippen molar-refractivity contribution in [2.45, 2.75) is 38.0 Å². The van der Waals surface area contributed by atoms with E-state index in [1.54, 1.807) is 18.7 Å². The van der Waals surface area contributed by atoms with Gasteiger partial charge in [0.05, 0.1) is 0 Å². The van der Waals surface area contributed by atoms with Gasteiger partial charge in [0.15, 0.2) is 0 Å². The highest BCUT2D eigenvalue weighted by molar-refractivity contribution is 7.99. The SMILES string of the molecule is CNC(CSc1nnc(C)o1)c1ccc(C(C)C)cc1. The molecule has 0 aliphatic heterocycles. The normalized spacial score (nSPS) is 12.8. The minimum Gasteiger partial charge on any atom is -0.416 e. The Morgan fingerprint density at radius 3 is 2.30 bits per heavy atom. The summed E-state index contributed by atoms with van der Waals surface area (Å²) in [5.74, 6) is 2.03. The predicted molar refractivity (Wildman–Crippen MR) is 82.1 cm³/mol. The molecule has 1 heterocycles. The Hall–Kier alpha value is -1.33. The van der Waals surface area contributed by atoms with E-state index in [2.05, 4.69) is 53.6 Å². The molecular weight excluding hydrogens is 270 g/mol. The molecule has 20 heavy (non-hydrogen) atoms. The molecule has 1 atom stereocenters. The molecule has 2 rings (SSSR count). The summed E-state index contributed by atoms with van der Waals surface area (Å²) in [6.45, 7) is 6.22. The molecule has 4 nitrogen and oxygen atoms in total. The molecule has 1 aromatic heterocycles. The molecule has 2 aromatic rings. The topological polar surface area (TPSA) is 51.0 Å². The lowest BCUT2D eigenvalue weighted by molar-refractivity contribution is 0.428. The Bertz CT molecular complexity index is 536. The third-order valence-corrected chi connectivity index (χ3v) is 4.15. The molecule has 0 saturated heterocycles. The number of nitrogens with zero attached hydrogens (tertiary/aromatic N) is 2. The zero-order valence-electron chi connectivity index (χ0n) is 12.4. The first-order valence-corrected chi connectivity index (χ1v) is 7.78. The smallest absolute Gasteiger partial charge is 0.276 e. The van der Waals surface area contributed by atoms with E-state index in [1.165, 1.54) is 11.1 Å². The molecule has 0 amide bonds. The van der Waals surface area contributed by atoms with E-state index >= 15 is 0 Å². The lowest BCUT2D eigenvalue weighted by Gasteiger charge is -2.16. The molecule has 0 aliphatic rings. The van der Waals surface area contributed by atoms with E-state index in [4.69, 9.17) is 4.42 Å². The number of thioether (sulfide) groups is 1. The van der Waals surface area contributed by atoms with Gasteiger partial charge in [-0.3, -0.25) is 0 Å². The number of nitrogens with one attached hydrogen (secondary N) is 1. The highest BCUT2D eigenvalue weighted by Gasteiger charge is 2.12. The van der Waals surface area contributed by atoms with Gasteiger partial charge in [0.1, 0.15) is 0 Å². The Kier molecular flexibility index (Phi) is 5.20. The lowest BCUT2D eigenvalue weighted by Crippen LogP contribution is -2.18. The number of hydrogen-bond acceptors (Lipinski definition) is 5. The third-order valence-electron chi connectivity index (χ3n) is 3.23. The second-order valence-electron chi connectivity index (χ2n) is 5.06. The van der Waals surface area contributed by atoms with Gasteiger partial charge in [0, 0.05) is 18.7 Å². The molecule has 1 N–H and O–H groups in total. The van der Waals surface area contributed by atoms with Gasteiger partial charge in [-0.1, -0.05) is 49.9 Å². The van der Waals surface area contributed by atoms with E-state index in [9.17, 15) is 0 Å². The molecule has 1 unspecified atom stereocenters. The van der Waals surface area contributed by atoms with Crippen LogP contribution in [-0.2, 0) is 0 Å². The molecule has 0 fully saturated rings. The summed E-state index contributed by atoms with van der Waals surface area (Å²) in [6, 6.07) is 9.05. The predicted octanol–water partition coefficient (Wildman–Crippen LogP) is 3.55. The van der Waals surface area contributed by atoms with Gasteiger partial charge in [-0.25, -0.2) is 0 Å². The number of aryl methyl sites for hydroxylation is 1. The van der Waals surface area contributed by atoms with E-state index in [1.807, 2.05) is 7.05 Å². The highest BCUT2D eigenvalue weighted by atomic mass is 32.2. The van der Waals surface area contributed by atoms with Crippen molar-refractivity contribution in [1.82, 2.24) is 15.5 Å². The van der Waals surface area contributed by atoms with Crippen molar-refractivity contribution in [2.24, 2.45) is 0 Å². The average molecular weight is 291 g/mol. The van der Waals surface area contributed by atoms with Gasteiger partial charge in [0.25, 0.3) is 5.22 Å². The van der Waals surface area contributed by atoms with Crippen LogP contribution in [0.1, 0.15) is 42.8 Å². The minimum absolute atomic E-state index is 0.272. The van der Waals surface area contributed by atoms with Gasteiger partial charge in [0.2, 0.25) is 5.89 Å². The average Bonchev–Trinajstić information content (AvgIpc) is 2.86. The van der Waals surface area contributed by atoms with Crippen molar-refractivity contribution in [2.75, 3.05) is 12.8 Å². The Balaban J connectivity index is 2.00. The van der Waals surface area contributed by atoms with Crippen molar-refractivity contribution in [3.8, 4) is 0 Å². The maximum atomic E-state index is 5.38. The fraction of sp³-hybridized carbons (Fsp3) is 0.467. The Morgan fingerprint density at radius 2 is 1.80 bits per heavy atom. The zero-order chi connectivity index (χ0) is 14.5. The van der Waals surface area contributed by atoms with Gasteiger partial charge >= 0.3 is 0 Å². The molecule has 0 radical (unpaired) electrons. The van der Waals surface area contributed by atoms with Crippen LogP contribution in [0.3, 0.4) is 0 Å². The van der Waals surface area contributed by atoms with Crippen LogP contribution >= 0.6 is 11.8 Å². The van der Waals surface area contributed by atoms with E-state index in [0.717, 1.165) is 5.75 Å². The summed E-state index contributed by atoms with van der Waals surface area (Å²) in [4.78, 5) is 0. The molecule has 5 heteroatoms. The second-order valence-corrected chi connectivity index (χ2v) is 6.03. The fourth-order valence-electron chi connectivity index (χ4n) is 1.95. The minimum atomic E-state index is 0.272. The molecular formula is C15H21N3OS. The van der Waals surface area contributed by atoms with Crippen LogP contribution in [0.2, 0.25) is 0 Å². The van der Waals surface area contributed by atoms with Crippen LogP contribution < -0.4 is 5.32 Å². The van der Waals surface area contributed by atoms with Crippen LogP contribution in [0.4, 0.5) is 0 Å². The van der Waals surface area contributed by atoms with E-state index < -0.39 is 0 Å². The van der Waals surface area contributed by atoms with Gasteiger partial charge < -0.3 is 9.73 Å². The molecule has 108 valence electrons. The molecule has 0 bridgehead atoms. The standard InChI is InChI=1S/C15H21N3OS/c1-10(2)12-5-7-13(8-6-12)14(16-4)9-20-15-18-17-11(3)19-15/h5-8,10,14,16H,9H2,1-4H3. The first kappa shape index (κ1) is 15.1. The first-order chi connectivity index (χ1) is 9.60. The Morgan fingerprint density at radius 1 is 1.15 bits per heavy atom. The molecule has 0 saturated carbocycles. The van der Waals surface area contributed by atoms with Crippen LogP contribution in [0, 0.1) is 6.92 Å². The van der Waals surface area contributed by atoms with Crippen LogP contribution in [0.25, 0.3) is 0 Å². The van der Waals surface area contributed by atoms with Crippen molar-refractivity contribution in [3.05, 3.63) is 41.3 Å². The summed E-state index contributed by atoms with van der Waals surface area (Å²) in [5.41, 5.74) is 2.64. The van der Waals surface area contributed by atoms with E-state index in [-0.39, 0.29) is 6.04 Å². The monoisotopic (exact) mass is 291 g/mol. The summed E-state index contributed by atoms with van der Waals surface area (Å²) >= 11 is 1.58. The molecule has 1 aromatic carbocycles. The summed E-state index contributed by atoms with van der Waals surface area (Å²) in [6.07, 6.45) is 0. The summed E-state index contributed by atoms with van der Waals surface area (Å²) in [7, 11) is 1.97. The third kappa shape index (κ3) is 3.84. The number of rotatable bonds is 6. The number of hydrogen-bond donors (Lipinski definition) is 1. The highest BCUT2D eigenvalue weighted by Crippen LogP contribution is 2.25. The van der Waals surface area contributed by atoms with Crippen molar-refractivity contribution in [3.63, 3.8) is 0 Å². The summed E-state index contributed by atoms with van der Waals surface area (Å²) in [5, 5.41) is 11.8. The zero-order valence-corrected chi connectivity index (χ0v) is 13.2. The first-order valence-electron chi connectivity index (χ1n) is 6.80. The van der Waals surface area contributed by atoms with Crippen molar-refractivity contribution in [1.29, 1.82) is 0 Å². The van der Waals surface area contributed by atoms with Crippen LogP contribution in [0.15, 0.2) is 33.9 Å². The van der Waals surface area contributed by atoms with Gasteiger partial charge in [-0.15, -0.1) is 10.2 Å². The maximum Gasteiger partial charge on any atom is 0.276 e. The molecule has 0 aliphatic carbocycles. The fourth-order valence-corrected chi connectivity index (χ4v) is 2.90.